The number of rotatable bonds is 9. The van der Waals surface area contributed by atoms with Crippen LogP contribution in [0.4, 0.5) is 0 Å². The lowest BCUT2D eigenvalue weighted by Gasteiger charge is -2.27. The molecular weight excluding hydrogens is 230 g/mol. The van der Waals surface area contributed by atoms with Crippen molar-refractivity contribution in [3.05, 3.63) is 35.9 Å². The minimum Gasteiger partial charge on any atom is -0.394 e. The minimum absolute atomic E-state index is 0.0914. The van der Waals surface area contributed by atoms with Gasteiger partial charge in [0.05, 0.1) is 25.4 Å². The van der Waals surface area contributed by atoms with Gasteiger partial charge in [0.15, 0.2) is 0 Å². The molecule has 0 heterocycles. The van der Waals surface area contributed by atoms with Gasteiger partial charge in [0.2, 0.25) is 0 Å². The number of hydrogen-bond acceptors (Lipinski definition) is 4. The standard InChI is InChI=1S/C14H23NO3/c1-2-17-10-11-18-9-8-14(15,12-16)13-6-4-3-5-7-13/h3-7,16H,2,8-12,15H2,1H3. The fraction of sp³-hybridized carbons (Fsp3) is 0.571. The molecular formula is C14H23NO3. The van der Waals surface area contributed by atoms with Crippen LogP contribution in [-0.4, -0.2) is 38.1 Å². The summed E-state index contributed by atoms with van der Waals surface area (Å²) < 4.78 is 10.6. The molecule has 0 aliphatic carbocycles. The summed E-state index contributed by atoms with van der Waals surface area (Å²) in [5, 5.41) is 9.47. The van der Waals surface area contributed by atoms with Gasteiger partial charge in [-0.15, -0.1) is 0 Å². The highest BCUT2D eigenvalue weighted by Gasteiger charge is 2.25. The maximum absolute atomic E-state index is 9.47. The summed E-state index contributed by atoms with van der Waals surface area (Å²) in [5.41, 5.74) is 6.40. The summed E-state index contributed by atoms with van der Waals surface area (Å²) in [6.45, 7) is 4.23. The monoisotopic (exact) mass is 253 g/mol. The minimum atomic E-state index is -0.729. The molecule has 1 unspecified atom stereocenters. The van der Waals surface area contributed by atoms with Gasteiger partial charge in [0.1, 0.15) is 0 Å². The van der Waals surface area contributed by atoms with Crippen LogP contribution in [-0.2, 0) is 15.0 Å². The van der Waals surface area contributed by atoms with Crippen LogP contribution in [0.3, 0.4) is 0 Å². The van der Waals surface area contributed by atoms with E-state index in [1.54, 1.807) is 0 Å². The highest BCUT2D eigenvalue weighted by Crippen LogP contribution is 2.21. The molecule has 102 valence electrons. The Labute approximate surface area is 109 Å². The van der Waals surface area contributed by atoms with E-state index in [9.17, 15) is 5.11 Å². The summed E-state index contributed by atoms with van der Waals surface area (Å²) in [4.78, 5) is 0. The topological polar surface area (TPSA) is 64.7 Å². The zero-order valence-corrected chi connectivity index (χ0v) is 11.0. The van der Waals surface area contributed by atoms with Gasteiger partial charge in [0.25, 0.3) is 0 Å². The summed E-state index contributed by atoms with van der Waals surface area (Å²) in [7, 11) is 0. The second kappa shape index (κ2) is 8.21. The van der Waals surface area contributed by atoms with Crippen molar-refractivity contribution in [1.29, 1.82) is 0 Å². The summed E-state index contributed by atoms with van der Waals surface area (Å²) in [6, 6.07) is 9.62. The highest BCUT2D eigenvalue weighted by atomic mass is 16.5. The zero-order chi connectivity index (χ0) is 13.3. The highest BCUT2D eigenvalue weighted by molar-refractivity contribution is 5.23. The molecule has 0 bridgehead atoms. The Bertz CT molecular complexity index is 318. The molecule has 0 aromatic heterocycles. The maximum atomic E-state index is 9.47. The SMILES string of the molecule is CCOCCOCCC(N)(CO)c1ccccc1. The molecule has 1 rings (SSSR count). The first-order valence-electron chi connectivity index (χ1n) is 6.33. The molecule has 0 amide bonds. The van der Waals surface area contributed by atoms with Crippen LogP contribution in [0, 0.1) is 0 Å². The van der Waals surface area contributed by atoms with Crippen LogP contribution in [0.5, 0.6) is 0 Å². The fourth-order valence-electron chi connectivity index (χ4n) is 1.70. The molecule has 1 atom stereocenters. The predicted octanol–water partition coefficient (Wildman–Crippen LogP) is 1.28. The Balaban J connectivity index is 2.37. The average molecular weight is 253 g/mol. The third-order valence-corrected chi connectivity index (χ3v) is 2.90. The van der Waals surface area contributed by atoms with E-state index in [1.807, 2.05) is 37.3 Å². The summed E-state index contributed by atoms with van der Waals surface area (Å²) >= 11 is 0. The van der Waals surface area contributed by atoms with Crippen molar-refractivity contribution in [1.82, 2.24) is 0 Å². The first kappa shape index (κ1) is 15.1. The molecule has 4 heteroatoms. The van der Waals surface area contributed by atoms with Gasteiger partial charge in [-0.25, -0.2) is 0 Å². The maximum Gasteiger partial charge on any atom is 0.0700 e. The van der Waals surface area contributed by atoms with Gasteiger partial charge in [-0.3, -0.25) is 0 Å². The van der Waals surface area contributed by atoms with E-state index in [0.29, 0.717) is 32.8 Å². The van der Waals surface area contributed by atoms with Crippen molar-refractivity contribution in [2.24, 2.45) is 5.73 Å². The lowest BCUT2D eigenvalue weighted by molar-refractivity contribution is 0.0401. The molecule has 0 radical (unpaired) electrons. The molecule has 0 saturated heterocycles. The van der Waals surface area contributed by atoms with E-state index in [4.69, 9.17) is 15.2 Å². The molecule has 0 aliphatic rings. The third-order valence-electron chi connectivity index (χ3n) is 2.90. The van der Waals surface area contributed by atoms with Crippen LogP contribution in [0.15, 0.2) is 30.3 Å². The van der Waals surface area contributed by atoms with E-state index in [2.05, 4.69) is 0 Å². The van der Waals surface area contributed by atoms with E-state index in [1.165, 1.54) is 0 Å². The number of aliphatic hydroxyl groups is 1. The molecule has 0 saturated carbocycles. The molecule has 18 heavy (non-hydrogen) atoms. The Morgan fingerprint density at radius 1 is 1.11 bits per heavy atom. The van der Waals surface area contributed by atoms with E-state index in [0.717, 1.165) is 5.56 Å². The fourth-order valence-corrected chi connectivity index (χ4v) is 1.70. The Hall–Kier alpha value is -0.940. The van der Waals surface area contributed by atoms with Crippen LogP contribution in [0.1, 0.15) is 18.9 Å². The van der Waals surface area contributed by atoms with E-state index < -0.39 is 5.54 Å². The third kappa shape index (κ3) is 4.74. The largest absolute Gasteiger partial charge is 0.394 e. The van der Waals surface area contributed by atoms with Crippen LogP contribution in [0.2, 0.25) is 0 Å². The Morgan fingerprint density at radius 2 is 1.78 bits per heavy atom. The van der Waals surface area contributed by atoms with Gasteiger partial charge >= 0.3 is 0 Å². The molecule has 4 nitrogen and oxygen atoms in total. The van der Waals surface area contributed by atoms with Crippen molar-refractivity contribution < 1.29 is 14.6 Å². The van der Waals surface area contributed by atoms with Crippen molar-refractivity contribution in [3.8, 4) is 0 Å². The predicted molar refractivity (Wildman–Crippen MR) is 71.3 cm³/mol. The molecule has 0 spiro atoms. The first-order chi connectivity index (χ1) is 8.73. The van der Waals surface area contributed by atoms with Gasteiger partial charge in [-0.2, -0.15) is 0 Å². The Morgan fingerprint density at radius 3 is 2.39 bits per heavy atom. The number of benzene rings is 1. The van der Waals surface area contributed by atoms with Gasteiger partial charge < -0.3 is 20.3 Å². The molecule has 1 aromatic carbocycles. The second-order valence-corrected chi connectivity index (χ2v) is 4.24. The first-order valence-corrected chi connectivity index (χ1v) is 6.33. The van der Waals surface area contributed by atoms with Crippen LogP contribution >= 0.6 is 0 Å². The normalized spacial score (nSPS) is 14.4. The smallest absolute Gasteiger partial charge is 0.0700 e. The van der Waals surface area contributed by atoms with E-state index >= 15 is 0 Å². The summed E-state index contributed by atoms with van der Waals surface area (Å²) in [5.74, 6) is 0. The number of hydrogen-bond donors (Lipinski definition) is 2. The molecule has 0 aliphatic heterocycles. The van der Waals surface area contributed by atoms with Crippen LogP contribution in [0.25, 0.3) is 0 Å². The average Bonchev–Trinajstić information content (AvgIpc) is 2.43. The van der Waals surface area contributed by atoms with Crippen molar-refractivity contribution in [3.63, 3.8) is 0 Å². The lowest BCUT2D eigenvalue weighted by Crippen LogP contribution is -2.41. The van der Waals surface area contributed by atoms with Crippen molar-refractivity contribution >= 4 is 0 Å². The van der Waals surface area contributed by atoms with Gasteiger partial charge in [0, 0.05) is 13.2 Å². The Kier molecular flexibility index (Phi) is 6.90. The van der Waals surface area contributed by atoms with E-state index in [-0.39, 0.29) is 6.61 Å². The molecule has 0 fully saturated rings. The van der Waals surface area contributed by atoms with Gasteiger partial charge in [-0.1, -0.05) is 30.3 Å². The quantitative estimate of drug-likeness (QED) is 0.651. The number of aliphatic hydroxyl groups excluding tert-OH is 1. The number of nitrogens with two attached hydrogens (primary N) is 1. The van der Waals surface area contributed by atoms with Crippen molar-refractivity contribution in [2.75, 3.05) is 33.0 Å². The summed E-state index contributed by atoms with van der Waals surface area (Å²) in [6.07, 6.45) is 0.583. The molecule has 1 aromatic rings. The molecule has 3 N–H and O–H groups in total. The van der Waals surface area contributed by atoms with Gasteiger partial charge in [-0.05, 0) is 18.9 Å². The zero-order valence-electron chi connectivity index (χ0n) is 11.0. The second-order valence-electron chi connectivity index (χ2n) is 4.24. The van der Waals surface area contributed by atoms with Crippen molar-refractivity contribution in [2.45, 2.75) is 18.9 Å². The lowest BCUT2D eigenvalue weighted by atomic mass is 9.89. The number of ether oxygens (including phenoxy) is 2. The van der Waals surface area contributed by atoms with Crippen LogP contribution < -0.4 is 5.73 Å².